The van der Waals surface area contributed by atoms with E-state index in [0.29, 0.717) is 18.0 Å². The predicted octanol–water partition coefficient (Wildman–Crippen LogP) is 3.18. The van der Waals surface area contributed by atoms with Crippen LogP contribution in [0.15, 0.2) is 59.5 Å². The Morgan fingerprint density at radius 2 is 1.68 bits per heavy atom. The predicted molar refractivity (Wildman–Crippen MR) is 104 cm³/mol. The molecule has 0 aromatic heterocycles. The van der Waals surface area contributed by atoms with Crippen LogP contribution in [0.3, 0.4) is 0 Å². The van der Waals surface area contributed by atoms with Crippen molar-refractivity contribution in [2.75, 3.05) is 13.1 Å². The van der Waals surface area contributed by atoms with Gasteiger partial charge in [-0.25, -0.2) is 8.42 Å². The number of aryl methyl sites for hydroxylation is 1. The second-order valence-corrected chi connectivity index (χ2v) is 8.33. The number of rotatable bonds is 5. The topological polar surface area (TPSA) is 63.4 Å². The third kappa shape index (κ3) is 4.23. The molecule has 0 bridgehead atoms. The highest BCUT2D eigenvalue weighted by molar-refractivity contribution is 7.89. The van der Waals surface area contributed by atoms with Crippen molar-refractivity contribution >= 4 is 22.4 Å². The molecule has 2 aromatic carbocycles. The second kappa shape index (κ2) is 8.32. The van der Waals surface area contributed by atoms with Crippen molar-refractivity contribution in [3.05, 3.63) is 65.7 Å². The summed E-state index contributed by atoms with van der Waals surface area (Å²) in [5.74, 6) is 0.0420. The van der Waals surface area contributed by atoms with Crippen LogP contribution in [0.25, 0.3) is 0 Å². The molecule has 1 heterocycles. The smallest absolute Gasteiger partial charge is 0.243 e. The lowest BCUT2D eigenvalue weighted by Gasteiger charge is -2.17. The Hall–Kier alpha value is -1.40. The van der Waals surface area contributed by atoms with Crippen LogP contribution in [0.1, 0.15) is 30.4 Å². The molecule has 6 heteroatoms. The second-order valence-electron chi connectivity index (χ2n) is 6.40. The lowest BCUT2D eigenvalue weighted by atomic mass is 9.95. The summed E-state index contributed by atoms with van der Waals surface area (Å²) in [7, 11) is -3.49. The lowest BCUT2D eigenvalue weighted by Crippen LogP contribution is -2.32. The summed E-state index contributed by atoms with van der Waals surface area (Å²) >= 11 is 0. The van der Waals surface area contributed by atoms with E-state index in [-0.39, 0.29) is 24.4 Å². The van der Waals surface area contributed by atoms with Crippen LogP contribution in [0.5, 0.6) is 0 Å². The highest BCUT2D eigenvalue weighted by atomic mass is 35.5. The van der Waals surface area contributed by atoms with Gasteiger partial charge in [0.15, 0.2) is 0 Å². The summed E-state index contributed by atoms with van der Waals surface area (Å²) in [6.07, 6.45) is 2.01. The molecule has 2 atom stereocenters. The lowest BCUT2D eigenvalue weighted by molar-refractivity contribution is 0.470. The van der Waals surface area contributed by atoms with Crippen LogP contribution in [-0.4, -0.2) is 31.9 Å². The minimum Gasteiger partial charge on any atom is -0.326 e. The summed E-state index contributed by atoms with van der Waals surface area (Å²) in [6, 6.07) is 17.0. The number of sulfonamides is 1. The normalized spacial score (nSPS) is 21.0. The number of benzene rings is 2. The van der Waals surface area contributed by atoms with Gasteiger partial charge in [0, 0.05) is 25.0 Å². The largest absolute Gasteiger partial charge is 0.326 e. The summed E-state index contributed by atoms with van der Waals surface area (Å²) in [5.41, 5.74) is 8.50. The molecule has 2 N–H and O–H groups in total. The Labute approximate surface area is 156 Å². The van der Waals surface area contributed by atoms with E-state index in [1.807, 2.05) is 42.5 Å². The van der Waals surface area contributed by atoms with Gasteiger partial charge in [-0.15, -0.1) is 12.4 Å². The molecule has 1 saturated heterocycles. The van der Waals surface area contributed by atoms with Crippen LogP contribution < -0.4 is 5.73 Å². The maximum absolute atomic E-state index is 12.9. The molecule has 0 saturated carbocycles. The molecule has 1 aliphatic heterocycles. The van der Waals surface area contributed by atoms with Gasteiger partial charge in [-0.2, -0.15) is 4.31 Å². The van der Waals surface area contributed by atoms with Crippen molar-refractivity contribution in [3.8, 4) is 0 Å². The van der Waals surface area contributed by atoms with Crippen molar-refractivity contribution in [1.82, 2.24) is 4.31 Å². The van der Waals surface area contributed by atoms with Gasteiger partial charge in [0.2, 0.25) is 10.0 Å². The van der Waals surface area contributed by atoms with Gasteiger partial charge in [-0.05, 0) is 29.7 Å². The van der Waals surface area contributed by atoms with E-state index in [1.54, 1.807) is 12.1 Å². The van der Waals surface area contributed by atoms with Crippen molar-refractivity contribution in [3.63, 3.8) is 0 Å². The molecule has 1 aliphatic rings. The number of nitrogens with zero attached hydrogens (tertiary/aromatic N) is 1. The van der Waals surface area contributed by atoms with Gasteiger partial charge in [0.05, 0.1) is 4.90 Å². The zero-order valence-corrected chi connectivity index (χ0v) is 16.0. The maximum atomic E-state index is 12.9. The van der Waals surface area contributed by atoms with Gasteiger partial charge in [0.25, 0.3) is 0 Å². The Kier molecular flexibility index (Phi) is 6.63. The number of nitrogens with two attached hydrogens (primary N) is 1. The Morgan fingerprint density at radius 1 is 1.04 bits per heavy atom. The quantitative estimate of drug-likeness (QED) is 0.866. The average Bonchev–Trinajstić information content (AvgIpc) is 2.99. The fourth-order valence-corrected chi connectivity index (χ4v) is 4.81. The Balaban J connectivity index is 0.00000225. The number of hydrogen-bond donors (Lipinski definition) is 1. The Morgan fingerprint density at radius 3 is 2.28 bits per heavy atom. The minimum atomic E-state index is -3.49. The fraction of sp³-hybridized carbons (Fsp3) is 0.368. The van der Waals surface area contributed by atoms with E-state index in [0.717, 1.165) is 24.0 Å². The van der Waals surface area contributed by atoms with Crippen LogP contribution >= 0.6 is 12.4 Å². The van der Waals surface area contributed by atoms with E-state index in [1.165, 1.54) is 4.31 Å². The molecule has 0 radical (unpaired) electrons. The van der Waals surface area contributed by atoms with Gasteiger partial charge in [0.1, 0.15) is 0 Å². The first-order valence-electron chi connectivity index (χ1n) is 8.42. The van der Waals surface area contributed by atoms with Crippen molar-refractivity contribution < 1.29 is 8.42 Å². The van der Waals surface area contributed by atoms with E-state index >= 15 is 0 Å². The summed E-state index contributed by atoms with van der Waals surface area (Å²) in [4.78, 5) is 0.350. The standard InChI is InChI=1S/C19H24N2O2S.ClH/c1-2-6-15-9-11-17(12-10-15)24(22,23)21-13-18(19(20)14-21)16-7-4-3-5-8-16;/h3-5,7-12,18-19H,2,6,13-14,20H2,1H3;1H/t18-,19+;/m0./s1. The van der Waals surface area contributed by atoms with Gasteiger partial charge < -0.3 is 5.73 Å². The zero-order valence-electron chi connectivity index (χ0n) is 14.3. The number of halogens is 1. The first-order valence-corrected chi connectivity index (χ1v) is 9.86. The summed E-state index contributed by atoms with van der Waals surface area (Å²) in [5, 5.41) is 0. The van der Waals surface area contributed by atoms with E-state index in [2.05, 4.69) is 6.92 Å². The average molecular weight is 381 g/mol. The summed E-state index contributed by atoms with van der Waals surface area (Å²) < 4.78 is 27.3. The molecule has 0 spiro atoms. The molecule has 0 aliphatic carbocycles. The molecule has 4 nitrogen and oxygen atoms in total. The molecule has 1 fully saturated rings. The highest BCUT2D eigenvalue weighted by Crippen LogP contribution is 2.30. The van der Waals surface area contributed by atoms with Crippen LogP contribution in [0, 0.1) is 0 Å². The van der Waals surface area contributed by atoms with Gasteiger partial charge in [-0.3, -0.25) is 0 Å². The van der Waals surface area contributed by atoms with Gasteiger partial charge >= 0.3 is 0 Å². The van der Waals surface area contributed by atoms with Gasteiger partial charge in [-0.1, -0.05) is 55.8 Å². The zero-order chi connectivity index (χ0) is 17.2. The molecule has 136 valence electrons. The molecular formula is C19H25ClN2O2S. The first kappa shape index (κ1) is 19.9. The molecule has 0 unspecified atom stereocenters. The van der Waals surface area contributed by atoms with Crippen LogP contribution in [0.2, 0.25) is 0 Å². The minimum absolute atomic E-state index is 0. The fourth-order valence-electron chi connectivity index (χ4n) is 3.31. The van der Waals surface area contributed by atoms with Crippen molar-refractivity contribution in [1.29, 1.82) is 0 Å². The van der Waals surface area contributed by atoms with Crippen molar-refractivity contribution in [2.24, 2.45) is 5.73 Å². The van der Waals surface area contributed by atoms with Crippen LogP contribution in [-0.2, 0) is 16.4 Å². The molecule has 3 rings (SSSR count). The third-order valence-corrected chi connectivity index (χ3v) is 6.51. The third-order valence-electron chi connectivity index (χ3n) is 4.66. The van der Waals surface area contributed by atoms with Crippen LogP contribution in [0.4, 0.5) is 0 Å². The summed E-state index contributed by atoms with van der Waals surface area (Å²) in [6.45, 7) is 2.91. The van der Waals surface area contributed by atoms with E-state index in [4.69, 9.17) is 5.73 Å². The van der Waals surface area contributed by atoms with E-state index < -0.39 is 10.0 Å². The molecule has 25 heavy (non-hydrogen) atoms. The molecule has 2 aromatic rings. The first-order chi connectivity index (χ1) is 11.5. The van der Waals surface area contributed by atoms with E-state index in [9.17, 15) is 8.42 Å². The van der Waals surface area contributed by atoms with Crippen molar-refractivity contribution in [2.45, 2.75) is 36.6 Å². The highest BCUT2D eigenvalue weighted by Gasteiger charge is 2.38. The monoisotopic (exact) mass is 380 g/mol. The maximum Gasteiger partial charge on any atom is 0.243 e. The SMILES string of the molecule is CCCc1ccc(S(=O)(=O)N2C[C@@H](N)[C@H](c3ccccc3)C2)cc1.Cl. The molecule has 0 amide bonds. The number of hydrogen-bond acceptors (Lipinski definition) is 3. The molecular weight excluding hydrogens is 356 g/mol. The Bertz CT molecular complexity index is 779.